The Morgan fingerprint density at radius 2 is 2.23 bits per heavy atom. The second-order valence-corrected chi connectivity index (χ2v) is 7.47. The third-order valence-corrected chi connectivity index (χ3v) is 4.11. The Balaban J connectivity index is 1.78. The van der Waals surface area contributed by atoms with E-state index in [1.165, 1.54) is 12.7 Å². The van der Waals surface area contributed by atoms with Crippen LogP contribution in [0.1, 0.15) is 12.6 Å². The average Bonchev–Trinajstić information content (AvgIpc) is 3.00. The third-order valence-electron chi connectivity index (χ3n) is 3.31. The second-order valence-electron chi connectivity index (χ2n) is 4.80. The third kappa shape index (κ3) is 3.10. The van der Waals surface area contributed by atoms with E-state index in [4.69, 9.17) is 24.8 Å². The highest BCUT2D eigenvalue weighted by Crippen LogP contribution is 2.39. The molecule has 12 heteroatoms. The molecule has 5 N–H and O–H groups in total. The monoisotopic (exact) mass is 347 g/mol. The highest BCUT2D eigenvalue weighted by atomic mass is 32.5. The summed E-state index contributed by atoms with van der Waals surface area (Å²) in [6, 6.07) is 0. The Bertz CT molecular complexity index is 736. The van der Waals surface area contributed by atoms with Crippen molar-refractivity contribution in [2.24, 2.45) is 0 Å². The van der Waals surface area contributed by atoms with Crippen molar-refractivity contribution in [2.75, 3.05) is 12.3 Å². The summed E-state index contributed by atoms with van der Waals surface area (Å²) in [6.07, 6.45) is 0.974. The molecular formula is C10H14N5O5PS. The van der Waals surface area contributed by atoms with Crippen LogP contribution < -0.4 is 5.73 Å². The summed E-state index contributed by atoms with van der Waals surface area (Å²) in [5, 5.41) is 10.0. The number of ether oxygens (including phenoxy) is 1. The van der Waals surface area contributed by atoms with E-state index in [1.807, 2.05) is 0 Å². The number of anilines is 1. The van der Waals surface area contributed by atoms with Crippen LogP contribution in [0.3, 0.4) is 0 Å². The molecular weight excluding hydrogens is 333 g/mol. The number of nitrogens with zero attached hydrogens (tertiary/aromatic N) is 4. The van der Waals surface area contributed by atoms with Gasteiger partial charge in [-0.2, -0.15) is 0 Å². The molecule has 3 unspecified atom stereocenters. The minimum absolute atomic E-state index is 0.217. The summed E-state index contributed by atoms with van der Waals surface area (Å²) < 4.78 is 12.0. The predicted molar refractivity (Wildman–Crippen MR) is 78.9 cm³/mol. The summed E-state index contributed by atoms with van der Waals surface area (Å²) in [6.45, 7) is -4.00. The van der Waals surface area contributed by atoms with Gasteiger partial charge in [0.05, 0.1) is 19.0 Å². The molecule has 3 atom stereocenters. The molecule has 1 fully saturated rings. The maximum Gasteiger partial charge on any atom is 0.321 e. The molecule has 0 saturated carbocycles. The standard InChI is InChI=1S/C10H14N5O5PS/c11-9-8-10(13-3-12-9)15(4-14-8)7-1-5(16)6(20-7)2-19-21(17,18)22/h3-7,16H,1-2H2,(H2,11,12,13)(H2,17,18,22). The number of nitrogens with two attached hydrogens (primary N) is 1. The number of hydrogen-bond acceptors (Lipinski definition) is 8. The van der Waals surface area contributed by atoms with Crippen molar-refractivity contribution in [3.63, 3.8) is 0 Å². The minimum atomic E-state index is -3.78. The zero-order valence-electron chi connectivity index (χ0n) is 11.2. The second kappa shape index (κ2) is 5.78. The maximum atomic E-state index is 10.0. The molecule has 3 rings (SSSR count). The first-order chi connectivity index (χ1) is 10.3. The Hall–Kier alpha value is -1.20. The van der Waals surface area contributed by atoms with Gasteiger partial charge in [0.1, 0.15) is 24.2 Å². The zero-order valence-corrected chi connectivity index (χ0v) is 12.9. The lowest BCUT2D eigenvalue weighted by Crippen LogP contribution is -2.25. The van der Waals surface area contributed by atoms with E-state index in [0.29, 0.717) is 11.2 Å². The van der Waals surface area contributed by atoms with Gasteiger partial charge in [0.15, 0.2) is 11.5 Å². The van der Waals surface area contributed by atoms with Gasteiger partial charge in [0, 0.05) is 6.42 Å². The Kier molecular flexibility index (Phi) is 4.12. The van der Waals surface area contributed by atoms with E-state index in [-0.39, 0.29) is 18.8 Å². The van der Waals surface area contributed by atoms with Crippen molar-refractivity contribution in [1.82, 2.24) is 19.5 Å². The topological polar surface area (TPSA) is 149 Å². The lowest BCUT2D eigenvalue weighted by molar-refractivity contribution is -0.0399. The zero-order chi connectivity index (χ0) is 15.9. The Labute approximate surface area is 129 Å². The molecule has 0 aromatic carbocycles. The van der Waals surface area contributed by atoms with Crippen LogP contribution in [0, 0.1) is 0 Å². The van der Waals surface area contributed by atoms with E-state index in [0.717, 1.165) is 0 Å². The molecule has 3 heterocycles. The quantitative estimate of drug-likeness (QED) is 0.522. The van der Waals surface area contributed by atoms with Crippen LogP contribution in [0.25, 0.3) is 11.2 Å². The van der Waals surface area contributed by atoms with Crippen LogP contribution in [0.2, 0.25) is 0 Å². The molecule has 120 valence electrons. The molecule has 0 aliphatic carbocycles. The van der Waals surface area contributed by atoms with E-state index < -0.39 is 25.2 Å². The van der Waals surface area contributed by atoms with Gasteiger partial charge in [-0.3, -0.25) is 4.57 Å². The lowest BCUT2D eigenvalue weighted by Gasteiger charge is -2.17. The summed E-state index contributed by atoms with van der Waals surface area (Å²) >= 11 is 4.36. The molecule has 1 aliphatic rings. The highest BCUT2D eigenvalue weighted by Gasteiger charge is 2.36. The molecule has 0 spiro atoms. The van der Waals surface area contributed by atoms with Crippen molar-refractivity contribution >= 4 is 35.5 Å². The fourth-order valence-electron chi connectivity index (χ4n) is 2.29. The number of aliphatic hydroxyl groups is 1. The van der Waals surface area contributed by atoms with Gasteiger partial charge in [-0.05, 0) is 11.8 Å². The fourth-order valence-corrected chi connectivity index (χ4v) is 2.81. The first-order valence-corrected chi connectivity index (χ1v) is 8.94. The molecule has 10 nitrogen and oxygen atoms in total. The molecule has 2 aromatic heterocycles. The first kappa shape index (κ1) is 15.7. The molecule has 22 heavy (non-hydrogen) atoms. The first-order valence-electron chi connectivity index (χ1n) is 6.32. The van der Waals surface area contributed by atoms with Crippen LogP contribution in [-0.4, -0.2) is 53.2 Å². The van der Waals surface area contributed by atoms with Crippen LogP contribution >= 0.6 is 6.72 Å². The maximum absolute atomic E-state index is 10.0. The van der Waals surface area contributed by atoms with E-state index in [2.05, 4.69) is 26.8 Å². The van der Waals surface area contributed by atoms with E-state index >= 15 is 0 Å². The van der Waals surface area contributed by atoms with Gasteiger partial charge in [0.25, 0.3) is 0 Å². The number of imidazole rings is 1. The number of rotatable bonds is 4. The number of nitrogen functional groups attached to an aromatic ring is 1. The minimum Gasteiger partial charge on any atom is -0.390 e. The summed E-state index contributed by atoms with van der Waals surface area (Å²) in [5.41, 5.74) is 6.65. The largest absolute Gasteiger partial charge is 0.390 e. The van der Waals surface area contributed by atoms with Crippen LogP contribution in [0.15, 0.2) is 12.7 Å². The Morgan fingerprint density at radius 1 is 1.45 bits per heavy atom. The predicted octanol–water partition coefficient (Wildman–Crippen LogP) is -0.717. The van der Waals surface area contributed by atoms with Gasteiger partial charge in [-0.25, -0.2) is 15.0 Å². The normalized spacial score (nSPS) is 25.9. The van der Waals surface area contributed by atoms with Crippen molar-refractivity contribution < 1.29 is 24.2 Å². The fraction of sp³-hybridized carbons (Fsp3) is 0.500. The number of hydrogen-bond donors (Lipinski definition) is 4. The Morgan fingerprint density at radius 3 is 2.95 bits per heavy atom. The summed E-state index contributed by atoms with van der Waals surface area (Å²) in [5.74, 6) is 0.253. The number of aromatic nitrogens is 4. The van der Waals surface area contributed by atoms with Gasteiger partial charge in [0.2, 0.25) is 0 Å². The molecule has 0 radical (unpaired) electrons. The van der Waals surface area contributed by atoms with Crippen molar-refractivity contribution in [2.45, 2.75) is 24.9 Å². The smallest absolute Gasteiger partial charge is 0.321 e. The highest BCUT2D eigenvalue weighted by molar-refractivity contribution is 8.06. The van der Waals surface area contributed by atoms with Crippen molar-refractivity contribution in [3.8, 4) is 0 Å². The molecule has 1 aliphatic heterocycles. The number of aliphatic hydroxyl groups excluding tert-OH is 1. The molecule has 0 bridgehead atoms. The van der Waals surface area contributed by atoms with Gasteiger partial charge in [-0.1, -0.05) is 0 Å². The lowest BCUT2D eigenvalue weighted by atomic mass is 10.2. The SMILES string of the molecule is Nc1ncnc2c1ncn2C1CC(O)C(COP(O)(O)=S)O1. The molecule has 0 amide bonds. The van der Waals surface area contributed by atoms with Crippen molar-refractivity contribution in [3.05, 3.63) is 12.7 Å². The number of fused-ring (bicyclic) bond motifs is 1. The van der Waals surface area contributed by atoms with E-state index in [9.17, 15) is 5.11 Å². The summed E-state index contributed by atoms with van der Waals surface area (Å²) in [7, 11) is 0. The molecule has 2 aromatic rings. The summed E-state index contributed by atoms with van der Waals surface area (Å²) in [4.78, 5) is 30.2. The molecule has 1 saturated heterocycles. The average molecular weight is 347 g/mol. The van der Waals surface area contributed by atoms with Gasteiger partial charge >= 0.3 is 6.72 Å². The van der Waals surface area contributed by atoms with Crippen molar-refractivity contribution in [1.29, 1.82) is 0 Å². The van der Waals surface area contributed by atoms with Crippen LogP contribution in [-0.2, 0) is 21.1 Å². The van der Waals surface area contributed by atoms with E-state index in [1.54, 1.807) is 4.57 Å². The van der Waals surface area contributed by atoms with Crippen LogP contribution in [0.5, 0.6) is 0 Å². The van der Waals surface area contributed by atoms with Gasteiger partial charge in [-0.15, -0.1) is 0 Å². The van der Waals surface area contributed by atoms with Gasteiger partial charge < -0.3 is 29.9 Å². The van der Waals surface area contributed by atoms with Crippen LogP contribution in [0.4, 0.5) is 5.82 Å².